The molecule has 0 aromatic rings. The molecule has 1 aliphatic heterocycles. The highest BCUT2D eigenvalue weighted by molar-refractivity contribution is 5.82. The van der Waals surface area contributed by atoms with Crippen molar-refractivity contribution in [2.75, 3.05) is 33.4 Å². The van der Waals surface area contributed by atoms with Gasteiger partial charge in [0, 0.05) is 25.7 Å². The minimum Gasteiger partial charge on any atom is -0.385 e. The Hall–Kier alpha value is -0.610. The molecule has 4 nitrogen and oxygen atoms in total. The average molecular weight is 242 g/mol. The molecule has 1 fully saturated rings. The first-order chi connectivity index (χ1) is 8.19. The van der Waals surface area contributed by atoms with Gasteiger partial charge in [0.15, 0.2) is 0 Å². The Balaban J connectivity index is 2.11. The minimum absolute atomic E-state index is 0.155. The smallest absolute Gasteiger partial charge is 0.226 e. The molecule has 1 aliphatic rings. The molecule has 0 aliphatic carbocycles. The van der Waals surface area contributed by atoms with Gasteiger partial charge in [-0.25, -0.2) is 0 Å². The van der Waals surface area contributed by atoms with Gasteiger partial charge in [0.1, 0.15) is 0 Å². The van der Waals surface area contributed by atoms with Crippen LogP contribution in [0.15, 0.2) is 0 Å². The number of carbonyl (C=O) groups excluding carboxylic acids is 1. The maximum Gasteiger partial charge on any atom is 0.226 e. The van der Waals surface area contributed by atoms with E-state index in [1.807, 2.05) is 0 Å². The summed E-state index contributed by atoms with van der Waals surface area (Å²) in [5.41, 5.74) is -0.155. The highest BCUT2D eigenvalue weighted by Gasteiger charge is 2.33. The molecule has 4 heteroatoms. The van der Waals surface area contributed by atoms with Crippen LogP contribution in [0.3, 0.4) is 0 Å². The van der Waals surface area contributed by atoms with E-state index in [9.17, 15) is 4.79 Å². The number of methoxy groups -OCH3 is 1. The number of piperidine rings is 1. The van der Waals surface area contributed by atoms with Gasteiger partial charge in [0.25, 0.3) is 0 Å². The molecule has 0 atom stereocenters. The van der Waals surface area contributed by atoms with Crippen LogP contribution in [0.1, 0.15) is 39.0 Å². The summed E-state index contributed by atoms with van der Waals surface area (Å²) in [5.74, 6) is 0.228. The molecule has 0 spiro atoms. The number of rotatable bonds is 7. The molecule has 1 saturated heterocycles. The summed E-state index contributed by atoms with van der Waals surface area (Å²) < 4.78 is 4.99. The van der Waals surface area contributed by atoms with Crippen LogP contribution in [-0.4, -0.2) is 39.3 Å². The van der Waals surface area contributed by atoms with Gasteiger partial charge in [-0.1, -0.05) is 6.92 Å². The predicted octanol–water partition coefficient (Wildman–Crippen LogP) is 1.31. The Morgan fingerprint density at radius 2 is 2.00 bits per heavy atom. The second kappa shape index (κ2) is 7.67. The summed E-state index contributed by atoms with van der Waals surface area (Å²) in [6.45, 7) is 5.60. The van der Waals surface area contributed by atoms with E-state index in [4.69, 9.17) is 4.74 Å². The number of carbonyl (C=O) groups is 1. The van der Waals surface area contributed by atoms with Gasteiger partial charge in [-0.2, -0.15) is 0 Å². The molecular formula is C13H26N2O2. The van der Waals surface area contributed by atoms with E-state index in [0.717, 1.165) is 58.3 Å². The number of nitrogens with one attached hydrogen (secondary N) is 2. The van der Waals surface area contributed by atoms with E-state index in [2.05, 4.69) is 17.6 Å². The molecule has 0 unspecified atom stereocenters. The predicted molar refractivity (Wildman–Crippen MR) is 68.9 cm³/mol. The zero-order valence-corrected chi connectivity index (χ0v) is 11.2. The van der Waals surface area contributed by atoms with Gasteiger partial charge in [-0.05, 0) is 45.2 Å². The molecule has 2 N–H and O–H groups in total. The third-order valence-electron chi connectivity index (χ3n) is 3.57. The minimum atomic E-state index is -0.155. The van der Waals surface area contributed by atoms with Gasteiger partial charge >= 0.3 is 0 Å². The molecule has 1 heterocycles. The van der Waals surface area contributed by atoms with Crippen molar-refractivity contribution < 1.29 is 9.53 Å². The Labute approximate surface area is 104 Å². The number of hydrogen-bond acceptors (Lipinski definition) is 3. The first-order valence-corrected chi connectivity index (χ1v) is 6.67. The third-order valence-corrected chi connectivity index (χ3v) is 3.57. The highest BCUT2D eigenvalue weighted by atomic mass is 16.5. The lowest BCUT2D eigenvalue weighted by molar-refractivity contribution is -0.131. The van der Waals surface area contributed by atoms with E-state index in [0.29, 0.717) is 0 Å². The number of ether oxygens (including phenoxy) is 1. The van der Waals surface area contributed by atoms with E-state index in [1.165, 1.54) is 0 Å². The summed E-state index contributed by atoms with van der Waals surface area (Å²) in [7, 11) is 1.72. The summed E-state index contributed by atoms with van der Waals surface area (Å²) in [6.07, 6.45) is 5.13. The topological polar surface area (TPSA) is 50.4 Å². The fraction of sp³-hybridized carbons (Fsp3) is 0.923. The molecule has 1 amide bonds. The number of hydrogen-bond donors (Lipinski definition) is 2. The maximum atomic E-state index is 12.0. The van der Waals surface area contributed by atoms with Crippen molar-refractivity contribution in [1.29, 1.82) is 0 Å². The molecule has 0 saturated carbocycles. The van der Waals surface area contributed by atoms with Crippen LogP contribution >= 0.6 is 0 Å². The lowest BCUT2D eigenvalue weighted by Crippen LogP contribution is -2.46. The van der Waals surface area contributed by atoms with Crippen molar-refractivity contribution in [1.82, 2.24) is 10.6 Å². The van der Waals surface area contributed by atoms with Crippen LogP contribution in [0.25, 0.3) is 0 Å². The van der Waals surface area contributed by atoms with Crippen molar-refractivity contribution >= 4 is 5.91 Å². The molecule has 0 radical (unpaired) electrons. The zero-order chi connectivity index (χ0) is 12.6. The van der Waals surface area contributed by atoms with Crippen molar-refractivity contribution in [3.8, 4) is 0 Å². The number of amides is 1. The Bertz CT molecular complexity index is 225. The van der Waals surface area contributed by atoms with Crippen LogP contribution in [0.2, 0.25) is 0 Å². The van der Waals surface area contributed by atoms with E-state index < -0.39 is 0 Å². The average Bonchev–Trinajstić information content (AvgIpc) is 2.34. The standard InChI is InChI=1S/C13H26N2O2/c1-13(6-9-14-10-7-13)12(16)15-8-4-3-5-11-17-2/h14H,3-11H2,1-2H3,(H,15,16). The summed E-state index contributed by atoms with van der Waals surface area (Å²) in [4.78, 5) is 12.0. The quantitative estimate of drug-likeness (QED) is 0.662. The molecular weight excluding hydrogens is 216 g/mol. The lowest BCUT2D eigenvalue weighted by atomic mass is 9.80. The maximum absolute atomic E-state index is 12.0. The summed E-state index contributed by atoms with van der Waals surface area (Å²) in [6, 6.07) is 0. The van der Waals surface area contributed by atoms with Crippen LogP contribution < -0.4 is 10.6 Å². The Kier molecular flexibility index (Phi) is 6.52. The third kappa shape index (κ3) is 5.04. The van der Waals surface area contributed by atoms with Crippen LogP contribution in [0, 0.1) is 5.41 Å². The molecule has 17 heavy (non-hydrogen) atoms. The van der Waals surface area contributed by atoms with Crippen molar-refractivity contribution in [3.05, 3.63) is 0 Å². The lowest BCUT2D eigenvalue weighted by Gasteiger charge is -2.32. The molecule has 1 rings (SSSR count). The second-order valence-electron chi connectivity index (χ2n) is 5.12. The molecule has 0 aromatic carbocycles. The fourth-order valence-corrected chi connectivity index (χ4v) is 2.17. The van der Waals surface area contributed by atoms with E-state index in [1.54, 1.807) is 7.11 Å². The SMILES string of the molecule is COCCCCCNC(=O)C1(C)CCNCC1. The van der Waals surface area contributed by atoms with E-state index >= 15 is 0 Å². The highest BCUT2D eigenvalue weighted by Crippen LogP contribution is 2.27. The zero-order valence-electron chi connectivity index (χ0n) is 11.2. The first kappa shape index (κ1) is 14.5. The largest absolute Gasteiger partial charge is 0.385 e. The van der Waals surface area contributed by atoms with Crippen molar-refractivity contribution in [2.24, 2.45) is 5.41 Å². The summed E-state index contributed by atoms with van der Waals surface area (Å²) >= 11 is 0. The number of unbranched alkanes of at least 4 members (excludes halogenated alkanes) is 2. The van der Waals surface area contributed by atoms with Crippen molar-refractivity contribution in [2.45, 2.75) is 39.0 Å². The Morgan fingerprint density at radius 1 is 1.29 bits per heavy atom. The van der Waals surface area contributed by atoms with Gasteiger partial charge in [-0.3, -0.25) is 4.79 Å². The molecule has 0 aromatic heterocycles. The van der Waals surface area contributed by atoms with Crippen molar-refractivity contribution in [3.63, 3.8) is 0 Å². The normalized spacial score (nSPS) is 18.9. The fourth-order valence-electron chi connectivity index (χ4n) is 2.17. The Morgan fingerprint density at radius 3 is 2.65 bits per heavy atom. The van der Waals surface area contributed by atoms with Gasteiger partial charge in [0.05, 0.1) is 0 Å². The van der Waals surface area contributed by atoms with Gasteiger partial charge < -0.3 is 15.4 Å². The van der Waals surface area contributed by atoms with Gasteiger partial charge in [-0.15, -0.1) is 0 Å². The second-order valence-corrected chi connectivity index (χ2v) is 5.12. The van der Waals surface area contributed by atoms with Crippen LogP contribution in [0.4, 0.5) is 0 Å². The van der Waals surface area contributed by atoms with E-state index in [-0.39, 0.29) is 11.3 Å². The molecule has 0 bridgehead atoms. The summed E-state index contributed by atoms with van der Waals surface area (Å²) in [5, 5.41) is 6.35. The van der Waals surface area contributed by atoms with Crippen LogP contribution in [0.5, 0.6) is 0 Å². The van der Waals surface area contributed by atoms with Crippen LogP contribution in [-0.2, 0) is 9.53 Å². The van der Waals surface area contributed by atoms with Gasteiger partial charge in [0.2, 0.25) is 5.91 Å². The monoisotopic (exact) mass is 242 g/mol. The molecule has 100 valence electrons. The first-order valence-electron chi connectivity index (χ1n) is 6.67.